The maximum atomic E-state index is 12.6. The number of nitrogens with one attached hydrogen (secondary N) is 1. The van der Waals surface area contributed by atoms with Crippen LogP contribution in [0.3, 0.4) is 0 Å². The van der Waals surface area contributed by atoms with Gasteiger partial charge in [0.05, 0.1) is 12.5 Å². The molecule has 0 aromatic rings. The molecule has 9 heteroatoms. The van der Waals surface area contributed by atoms with Gasteiger partial charge in [0.2, 0.25) is 11.8 Å². The standard InChI is InChI=1S/C14H23N3O6/c1-7(2)11(16-12(20)8(15)6-10(18)19)13(21)17-5-3-4-9(17)14(22)23/h7-9,11H,3-6,15H2,1-2H3,(H,16,20)(H,18,19)(H,22,23)/t8-,9+,11-/m0/s1. The molecule has 0 unspecified atom stereocenters. The minimum Gasteiger partial charge on any atom is -0.481 e. The molecule has 23 heavy (non-hydrogen) atoms. The predicted octanol–water partition coefficient (Wildman–Crippen LogP) is -0.995. The Labute approximate surface area is 133 Å². The van der Waals surface area contributed by atoms with Gasteiger partial charge >= 0.3 is 11.9 Å². The van der Waals surface area contributed by atoms with Crippen LogP contribution in [0.1, 0.15) is 33.1 Å². The van der Waals surface area contributed by atoms with Crippen LogP contribution < -0.4 is 11.1 Å². The third-order valence-electron chi connectivity index (χ3n) is 3.78. The van der Waals surface area contributed by atoms with E-state index in [1.165, 1.54) is 4.90 Å². The van der Waals surface area contributed by atoms with Gasteiger partial charge in [-0.15, -0.1) is 0 Å². The highest BCUT2D eigenvalue weighted by atomic mass is 16.4. The van der Waals surface area contributed by atoms with Gasteiger partial charge < -0.3 is 26.2 Å². The van der Waals surface area contributed by atoms with E-state index in [2.05, 4.69) is 5.32 Å². The van der Waals surface area contributed by atoms with Crippen molar-refractivity contribution >= 4 is 23.8 Å². The van der Waals surface area contributed by atoms with Crippen molar-refractivity contribution in [1.29, 1.82) is 0 Å². The lowest BCUT2D eigenvalue weighted by molar-refractivity contribution is -0.150. The van der Waals surface area contributed by atoms with Crippen LogP contribution >= 0.6 is 0 Å². The lowest BCUT2D eigenvalue weighted by Crippen LogP contribution is -2.56. The molecule has 9 nitrogen and oxygen atoms in total. The van der Waals surface area contributed by atoms with E-state index in [0.717, 1.165) is 0 Å². The first-order chi connectivity index (χ1) is 10.6. The molecule has 0 radical (unpaired) electrons. The normalized spacial score (nSPS) is 20.2. The van der Waals surface area contributed by atoms with Gasteiger partial charge in [0.15, 0.2) is 0 Å². The largest absolute Gasteiger partial charge is 0.481 e. The molecule has 1 aliphatic heterocycles. The molecular formula is C14H23N3O6. The summed E-state index contributed by atoms with van der Waals surface area (Å²) in [6.07, 6.45) is 0.407. The summed E-state index contributed by atoms with van der Waals surface area (Å²) in [4.78, 5) is 47.5. The van der Waals surface area contributed by atoms with Gasteiger partial charge in [0, 0.05) is 6.54 Å². The first kappa shape index (κ1) is 18.9. The quantitative estimate of drug-likeness (QED) is 0.468. The zero-order chi connectivity index (χ0) is 17.7. The van der Waals surface area contributed by atoms with Gasteiger partial charge in [-0.1, -0.05) is 13.8 Å². The fraction of sp³-hybridized carbons (Fsp3) is 0.714. The van der Waals surface area contributed by atoms with Crippen molar-refractivity contribution in [2.24, 2.45) is 11.7 Å². The molecule has 0 aliphatic carbocycles. The van der Waals surface area contributed by atoms with E-state index in [1.807, 2.05) is 0 Å². The molecule has 130 valence electrons. The van der Waals surface area contributed by atoms with Crippen LogP contribution in [0.15, 0.2) is 0 Å². The summed E-state index contributed by atoms with van der Waals surface area (Å²) in [6, 6.07) is -3.11. The highest BCUT2D eigenvalue weighted by Crippen LogP contribution is 2.20. The van der Waals surface area contributed by atoms with E-state index in [-0.39, 0.29) is 5.92 Å². The van der Waals surface area contributed by atoms with Crippen molar-refractivity contribution in [3.05, 3.63) is 0 Å². The Kier molecular flexibility index (Phi) is 6.49. The Morgan fingerprint density at radius 2 is 1.87 bits per heavy atom. The van der Waals surface area contributed by atoms with Gasteiger partial charge in [0.1, 0.15) is 12.1 Å². The maximum Gasteiger partial charge on any atom is 0.326 e. The highest BCUT2D eigenvalue weighted by molar-refractivity contribution is 5.93. The number of hydrogen-bond donors (Lipinski definition) is 4. The topological polar surface area (TPSA) is 150 Å². The van der Waals surface area contributed by atoms with E-state index in [9.17, 15) is 19.2 Å². The maximum absolute atomic E-state index is 12.6. The number of carboxylic acid groups (broad SMARTS) is 2. The molecule has 0 bridgehead atoms. The predicted molar refractivity (Wildman–Crippen MR) is 79.4 cm³/mol. The Hall–Kier alpha value is -2.16. The number of carbonyl (C=O) groups is 4. The Morgan fingerprint density at radius 1 is 1.26 bits per heavy atom. The molecule has 1 rings (SSSR count). The summed E-state index contributed by atoms with van der Waals surface area (Å²) in [5, 5.41) is 20.3. The minimum atomic E-state index is -1.27. The van der Waals surface area contributed by atoms with E-state index < -0.39 is 48.3 Å². The lowest BCUT2D eigenvalue weighted by atomic mass is 10.0. The fourth-order valence-corrected chi connectivity index (χ4v) is 2.52. The van der Waals surface area contributed by atoms with Gasteiger partial charge in [-0.05, 0) is 18.8 Å². The first-order valence-electron chi connectivity index (χ1n) is 7.46. The molecule has 0 aromatic heterocycles. The number of nitrogens with zero attached hydrogens (tertiary/aromatic N) is 1. The molecule has 1 saturated heterocycles. The zero-order valence-corrected chi connectivity index (χ0v) is 13.2. The number of amides is 2. The summed E-state index contributed by atoms with van der Waals surface area (Å²) in [5.41, 5.74) is 5.48. The van der Waals surface area contributed by atoms with E-state index >= 15 is 0 Å². The van der Waals surface area contributed by atoms with Crippen molar-refractivity contribution < 1.29 is 29.4 Å². The second-order valence-corrected chi connectivity index (χ2v) is 5.96. The van der Waals surface area contributed by atoms with Crippen LogP contribution in [0, 0.1) is 5.92 Å². The lowest BCUT2D eigenvalue weighted by Gasteiger charge is -2.30. The Bertz CT molecular complexity index is 493. The van der Waals surface area contributed by atoms with Gasteiger partial charge in [0.25, 0.3) is 0 Å². The number of nitrogens with two attached hydrogens (primary N) is 1. The second kappa shape index (κ2) is 7.91. The molecule has 0 spiro atoms. The van der Waals surface area contributed by atoms with Crippen LogP contribution in [0.4, 0.5) is 0 Å². The van der Waals surface area contributed by atoms with Crippen molar-refractivity contribution in [2.75, 3.05) is 6.54 Å². The van der Waals surface area contributed by atoms with Crippen molar-refractivity contribution in [1.82, 2.24) is 10.2 Å². The summed E-state index contributed by atoms with van der Waals surface area (Å²) < 4.78 is 0. The number of hydrogen-bond acceptors (Lipinski definition) is 5. The molecular weight excluding hydrogens is 306 g/mol. The molecule has 1 heterocycles. The molecule has 3 atom stereocenters. The van der Waals surface area contributed by atoms with E-state index in [4.69, 9.17) is 15.9 Å². The van der Waals surface area contributed by atoms with E-state index in [0.29, 0.717) is 19.4 Å². The summed E-state index contributed by atoms with van der Waals surface area (Å²) in [5.74, 6) is -3.82. The molecule has 5 N–H and O–H groups in total. The minimum absolute atomic E-state index is 0.293. The highest BCUT2D eigenvalue weighted by Gasteiger charge is 2.39. The number of rotatable bonds is 7. The van der Waals surface area contributed by atoms with Crippen molar-refractivity contribution in [3.8, 4) is 0 Å². The average molecular weight is 329 g/mol. The van der Waals surface area contributed by atoms with Gasteiger partial charge in [-0.2, -0.15) is 0 Å². The molecule has 2 amide bonds. The van der Waals surface area contributed by atoms with Gasteiger partial charge in [-0.25, -0.2) is 4.79 Å². The monoisotopic (exact) mass is 329 g/mol. The smallest absolute Gasteiger partial charge is 0.326 e. The average Bonchev–Trinajstić information content (AvgIpc) is 2.92. The van der Waals surface area contributed by atoms with E-state index in [1.54, 1.807) is 13.8 Å². The van der Waals surface area contributed by atoms with Crippen LogP contribution in [0.2, 0.25) is 0 Å². The van der Waals surface area contributed by atoms with Crippen LogP contribution in [-0.2, 0) is 19.2 Å². The number of likely N-dealkylation sites (tertiary alicyclic amines) is 1. The Balaban J connectivity index is 2.81. The summed E-state index contributed by atoms with van der Waals surface area (Å²) in [7, 11) is 0. The van der Waals surface area contributed by atoms with Crippen molar-refractivity contribution in [3.63, 3.8) is 0 Å². The summed E-state index contributed by atoms with van der Waals surface area (Å²) in [6.45, 7) is 3.73. The third kappa shape index (κ3) is 4.92. The van der Waals surface area contributed by atoms with Gasteiger partial charge in [-0.3, -0.25) is 14.4 Å². The number of carboxylic acids is 2. The number of aliphatic carboxylic acids is 2. The second-order valence-electron chi connectivity index (χ2n) is 5.96. The Morgan fingerprint density at radius 3 is 2.35 bits per heavy atom. The van der Waals surface area contributed by atoms with Crippen LogP contribution in [0.25, 0.3) is 0 Å². The third-order valence-corrected chi connectivity index (χ3v) is 3.78. The molecule has 1 fully saturated rings. The van der Waals surface area contributed by atoms with Crippen LogP contribution in [-0.4, -0.2) is 63.5 Å². The first-order valence-corrected chi connectivity index (χ1v) is 7.46. The SMILES string of the molecule is CC(C)[C@H](NC(=O)[C@@H](N)CC(=O)O)C(=O)N1CCC[C@@H]1C(=O)O. The van der Waals surface area contributed by atoms with Crippen molar-refractivity contribution in [2.45, 2.75) is 51.2 Å². The number of carbonyl (C=O) groups excluding carboxylic acids is 2. The zero-order valence-electron chi connectivity index (χ0n) is 13.2. The summed E-state index contributed by atoms with van der Waals surface area (Å²) >= 11 is 0. The fourth-order valence-electron chi connectivity index (χ4n) is 2.52. The molecule has 1 aliphatic rings. The molecule has 0 saturated carbocycles. The molecule has 0 aromatic carbocycles. The van der Waals surface area contributed by atoms with Crippen LogP contribution in [0.5, 0.6) is 0 Å².